The number of hydrogen-bond acceptors (Lipinski definition) is 4. The zero-order valence-corrected chi connectivity index (χ0v) is 13.1. The van der Waals surface area contributed by atoms with Gasteiger partial charge in [-0.3, -0.25) is 4.79 Å². The fourth-order valence-corrected chi connectivity index (χ4v) is 2.77. The molecule has 2 aromatic rings. The highest BCUT2D eigenvalue weighted by Gasteiger charge is 2.16. The number of rotatable bonds is 4. The standard InChI is InChI=1S/C12H11FIN3OS/c1-2-3-10-11(19-17-16-10)12(18)15-9-5-4-7(13)6-8(9)14/h4-6H,2-3H2,1H3,(H,15,18). The summed E-state index contributed by atoms with van der Waals surface area (Å²) in [5.74, 6) is -0.573. The quantitative estimate of drug-likeness (QED) is 0.812. The Bertz CT molecular complexity index is 602. The lowest BCUT2D eigenvalue weighted by Crippen LogP contribution is -2.13. The lowest BCUT2D eigenvalue weighted by molar-refractivity contribution is 0.102. The number of aryl methyl sites for hydroxylation is 1. The third-order valence-electron chi connectivity index (χ3n) is 2.43. The van der Waals surface area contributed by atoms with E-state index in [2.05, 4.69) is 14.9 Å². The largest absolute Gasteiger partial charge is 0.320 e. The van der Waals surface area contributed by atoms with Crippen LogP contribution in [0, 0.1) is 9.39 Å². The third kappa shape index (κ3) is 3.47. The maximum atomic E-state index is 13.0. The van der Waals surface area contributed by atoms with Crippen LogP contribution in [0.5, 0.6) is 0 Å². The predicted molar refractivity (Wildman–Crippen MR) is 81.0 cm³/mol. The lowest BCUT2D eigenvalue weighted by atomic mass is 10.2. The minimum atomic E-state index is -0.325. The lowest BCUT2D eigenvalue weighted by Gasteiger charge is -2.06. The van der Waals surface area contributed by atoms with E-state index in [1.807, 2.05) is 29.5 Å². The third-order valence-corrected chi connectivity index (χ3v) is 4.09. The van der Waals surface area contributed by atoms with Gasteiger partial charge in [0, 0.05) is 3.57 Å². The van der Waals surface area contributed by atoms with Crippen molar-refractivity contribution in [2.45, 2.75) is 19.8 Å². The van der Waals surface area contributed by atoms with E-state index in [0.29, 0.717) is 19.8 Å². The Kier molecular flexibility index (Phi) is 4.81. The molecule has 0 aliphatic carbocycles. The highest BCUT2D eigenvalue weighted by atomic mass is 127. The smallest absolute Gasteiger partial charge is 0.269 e. The van der Waals surface area contributed by atoms with Crippen LogP contribution in [0.1, 0.15) is 28.7 Å². The molecule has 0 saturated heterocycles. The van der Waals surface area contributed by atoms with Crippen molar-refractivity contribution in [2.24, 2.45) is 0 Å². The highest BCUT2D eigenvalue weighted by molar-refractivity contribution is 14.1. The van der Waals surface area contributed by atoms with Crippen molar-refractivity contribution in [1.82, 2.24) is 9.59 Å². The molecule has 0 radical (unpaired) electrons. The molecule has 1 amide bonds. The molecule has 0 spiro atoms. The van der Waals surface area contributed by atoms with Crippen LogP contribution in [-0.2, 0) is 6.42 Å². The van der Waals surface area contributed by atoms with Crippen LogP contribution in [0.25, 0.3) is 0 Å². The topological polar surface area (TPSA) is 54.9 Å². The van der Waals surface area contributed by atoms with Crippen molar-refractivity contribution in [2.75, 3.05) is 5.32 Å². The number of anilines is 1. The molecule has 1 aromatic carbocycles. The summed E-state index contributed by atoms with van der Waals surface area (Å²) in [7, 11) is 0. The van der Waals surface area contributed by atoms with Gasteiger partial charge >= 0.3 is 0 Å². The van der Waals surface area contributed by atoms with Crippen LogP contribution in [-0.4, -0.2) is 15.5 Å². The van der Waals surface area contributed by atoms with Crippen LogP contribution in [0.15, 0.2) is 18.2 Å². The first-order chi connectivity index (χ1) is 9.11. The Morgan fingerprint density at radius 2 is 2.32 bits per heavy atom. The zero-order valence-electron chi connectivity index (χ0n) is 10.1. The monoisotopic (exact) mass is 391 g/mol. The van der Waals surface area contributed by atoms with Gasteiger partial charge in [0.15, 0.2) is 0 Å². The summed E-state index contributed by atoms with van der Waals surface area (Å²) in [6, 6.07) is 4.23. The summed E-state index contributed by atoms with van der Waals surface area (Å²) in [5.41, 5.74) is 1.30. The SMILES string of the molecule is CCCc1nnsc1C(=O)Nc1ccc(F)cc1I. The van der Waals surface area contributed by atoms with Crippen molar-refractivity contribution in [3.05, 3.63) is 38.2 Å². The van der Waals surface area contributed by atoms with E-state index in [-0.39, 0.29) is 11.7 Å². The van der Waals surface area contributed by atoms with Crippen molar-refractivity contribution in [3.8, 4) is 0 Å². The molecule has 7 heteroatoms. The molecule has 0 unspecified atom stereocenters. The number of hydrogen-bond donors (Lipinski definition) is 1. The number of amides is 1. The summed E-state index contributed by atoms with van der Waals surface area (Å²) >= 11 is 3.06. The summed E-state index contributed by atoms with van der Waals surface area (Å²) in [4.78, 5) is 12.6. The van der Waals surface area contributed by atoms with Gasteiger partial charge in [-0.05, 0) is 58.7 Å². The molecule has 0 saturated carbocycles. The Hall–Kier alpha value is -1.09. The minimum Gasteiger partial charge on any atom is -0.320 e. The van der Waals surface area contributed by atoms with Crippen molar-refractivity contribution >= 4 is 45.7 Å². The van der Waals surface area contributed by atoms with Gasteiger partial charge in [-0.15, -0.1) is 5.10 Å². The number of nitrogens with zero attached hydrogens (tertiary/aromatic N) is 2. The molecular formula is C12H11FIN3OS. The van der Waals surface area contributed by atoms with Gasteiger partial charge in [0.1, 0.15) is 10.7 Å². The molecule has 0 aliphatic rings. The fraction of sp³-hybridized carbons (Fsp3) is 0.250. The van der Waals surface area contributed by atoms with E-state index in [4.69, 9.17) is 0 Å². The molecule has 2 rings (SSSR count). The number of carbonyl (C=O) groups excluding carboxylic acids is 1. The molecule has 1 aromatic heterocycles. The van der Waals surface area contributed by atoms with Crippen molar-refractivity contribution in [3.63, 3.8) is 0 Å². The second kappa shape index (κ2) is 6.38. The van der Waals surface area contributed by atoms with Crippen LogP contribution < -0.4 is 5.32 Å². The van der Waals surface area contributed by atoms with E-state index in [1.54, 1.807) is 6.07 Å². The van der Waals surface area contributed by atoms with E-state index in [9.17, 15) is 9.18 Å². The van der Waals surface area contributed by atoms with Crippen molar-refractivity contribution < 1.29 is 9.18 Å². The Labute approximate surface area is 127 Å². The maximum Gasteiger partial charge on any atom is 0.269 e. The van der Waals surface area contributed by atoms with E-state index >= 15 is 0 Å². The number of nitrogens with one attached hydrogen (secondary N) is 1. The average Bonchev–Trinajstić information content (AvgIpc) is 2.81. The van der Waals surface area contributed by atoms with Crippen LogP contribution in [0.2, 0.25) is 0 Å². The first kappa shape index (κ1) is 14.3. The average molecular weight is 391 g/mol. The molecule has 0 atom stereocenters. The van der Waals surface area contributed by atoms with Gasteiger partial charge in [0.05, 0.1) is 11.4 Å². The zero-order chi connectivity index (χ0) is 13.8. The van der Waals surface area contributed by atoms with E-state index < -0.39 is 0 Å². The maximum absolute atomic E-state index is 13.0. The van der Waals surface area contributed by atoms with Crippen LogP contribution in [0.4, 0.5) is 10.1 Å². The van der Waals surface area contributed by atoms with Gasteiger partial charge in [0.25, 0.3) is 5.91 Å². The van der Waals surface area contributed by atoms with Gasteiger partial charge in [0.2, 0.25) is 0 Å². The molecule has 0 bridgehead atoms. The summed E-state index contributed by atoms with van der Waals surface area (Å²) in [6.07, 6.45) is 1.62. The normalized spacial score (nSPS) is 10.5. The second-order valence-corrected chi connectivity index (χ2v) is 5.79. The number of aromatic nitrogens is 2. The number of benzene rings is 1. The minimum absolute atomic E-state index is 0.247. The molecule has 100 valence electrons. The van der Waals surface area contributed by atoms with Crippen molar-refractivity contribution in [1.29, 1.82) is 0 Å². The Morgan fingerprint density at radius 3 is 3.00 bits per heavy atom. The molecule has 1 heterocycles. The van der Waals surface area contributed by atoms with Gasteiger partial charge < -0.3 is 5.32 Å². The number of halogens is 2. The van der Waals surface area contributed by atoms with Gasteiger partial charge in [-0.2, -0.15) is 0 Å². The highest BCUT2D eigenvalue weighted by Crippen LogP contribution is 2.21. The first-order valence-electron chi connectivity index (χ1n) is 5.69. The molecule has 1 N–H and O–H groups in total. The molecular weight excluding hydrogens is 380 g/mol. The Balaban J connectivity index is 2.18. The first-order valence-corrected chi connectivity index (χ1v) is 7.54. The van der Waals surface area contributed by atoms with E-state index in [1.165, 1.54) is 12.1 Å². The van der Waals surface area contributed by atoms with E-state index in [0.717, 1.165) is 24.4 Å². The van der Waals surface area contributed by atoms with Gasteiger partial charge in [-0.1, -0.05) is 17.8 Å². The molecule has 0 aliphatic heterocycles. The van der Waals surface area contributed by atoms with Gasteiger partial charge in [-0.25, -0.2) is 4.39 Å². The summed E-state index contributed by atoms with van der Waals surface area (Å²) < 4.78 is 17.4. The molecule has 4 nitrogen and oxygen atoms in total. The fourth-order valence-electron chi connectivity index (χ4n) is 1.55. The summed E-state index contributed by atoms with van der Waals surface area (Å²) in [5, 5.41) is 6.71. The van der Waals surface area contributed by atoms with Crippen LogP contribution in [0.3, 0.4) is 0 Å². The Morgan fingerprint density at radius 1 is 1.53 bits per heavy atom. The predicted octanol–water partition coefficient (Wildman–Crippen LogP) is 3.49. The molecule has 0 fully saturated rings. The number of carbonyl (C=O) groups is 1. The summed E-state index contributed by atoms with van der Waals surface area (Å²) in [6.45, 7) is 2.02. The van der Waals surface area contributed by atoms with Crippen LogP contribution >= 0.6 is 34.1 Å². The second-order valence-electron chi connectivity index (χ2n) is 3.88. The molecule has 19 heavy (non-hydrogen) atoms.